The third-order valence-electron chi connectivity index (χ3n) is 5.46. The SMILES string of the molecule is COc1cc(OC)cc(C(=O)N2CCN3CCc4ccccc4C3C2)c1. The summed E-state index contributed by atoms with van der Waals surface area (Å²) in [5.41, 5.74) is 3.38. The van der Waals surface area contributed by atoms with Crippen molar-refractivity contribution in [3.05, 3.63) is 59.2 Å². The van der Waals surface area contributed by atoms with Crippen LogP contribution in [0.25, 0.3) is 0 Å². The van der Waals surface area contributed by atoms with E-state index >= 15 is 0 Å². The molecule has 2 aromatic carbocycles. The topological polar surface area (TPSA) is 42.0 Å². The van der Waals surface area contributed by atoms with Gasteiger partial charge in [0, 0.05) is 37.8 Å². The van der Waals surface area contributed by atoms with Crippen LogP contribution in [0.3, 0.4) is 0 Å². The molecule has 1 unspecified atom stereocenters. The summed E-state index contributed by atoms with van der Waals surface area (Å²) >= 11 is 0. The number of carbonyl (C=O) groups is 1. The van der Waals surface area contributed by atoms with E-state index in [1.165, 1.54) is 11.1 Å². The molecule has 5 nitrogen and oxygen atoms in total. The molecule has 26 heavy (non-hydrogen) atoms. The molecule has 0 spiro atoms. The Morgan fingerprint density at radius 1 is 1.00 bits per heavy atom. The second-order valence-corrected chi connectivity index (χ2v) is 6.85. The molecule has 0 aromatic heterocycles. The predicted octanol–water partition coefficient (Wildman–Crippen LogP) is 2.76. The molecule has 1 atom stereocenters. The van der Waals surface area contributed by atoms with Crippen molar-refractivity contribution in [2.45, 2.75) is 12.5 Å². The van der Waals surface area contributed by atoms with Crippen molar-refractivity contribution < 1.29 is 14.3 Å². The van der Waals surface area contributed by atoms with Crippen molar-refractivity contribution in [3.63, 3.8) is 0 Å². The molecule has 2 aliphatic rings. The predicted molar refractivity (Wildman–Crippen MR) is 99.9 cm³/mol. The number of hydrogen-bond acceptors (Lipinski definition) is 4. The second-order valence-electron chi connectivity index (χ2n) is 6.85. The fourth-order valence-electron chi connectivity index (χ4n) is 4.03. The summed E-state index contributed by atoms with van der Waals surface area (Å²) in [4.78, 5) is 17.6. The largest absolute Gasteiger partial charge is 0.497 e. The summed E-state index contributed by atoms with van der Waals surface area (Å²) in [5.74, 6) is 1.30. The monoisotopic (exact) mass is 352 g/mol. The van der Waals surface area contributed by atoms with E-state index in [4.69, 9.17) is 9.47 Å². The zero-order valence-electron chi connectivity index (χ0n) is 15.3. The highest BCUT2D eigenvalue weighted by Crippen LogP contribution is 2.33. The summed E-state index contributed by atoms with van der Waals surface area (Å²) in [7, 11) is 3.20. The number of methoxy groups -OCH3 is 2. The van der Waals surface area contributed by atoms with Crippen molar-refractivity contribution in [1.29, 1.82) is 0 Å². The quantitative estimate of drug-likeness (QED) is 0.852. The van der Waals surface area contributed by atoms with Crippen LogP contribution >= 0.6 is 0 Å². The van der Waals surface area contributed by atoms with Crippen molar-refractivity contribution in [3.8, 4) is 11.5 Å². The molecule has 1 saturated heterocycles. The first-order valence-corrected chi connectivity index (χ1v) is 9.04. The first-order valence-electron chi connectivity index (χ1n) is 9.04. The van der Waals surface area contributed by atoms with E-state index in [1.54, 1.807) is 32.4 Å². The highest BCUT2D eigenvalue weighted by Gasteiger charge is 2.34. The number of carbonyl (C=O) groups excluding carboxylic acids is 1. The van der Waals surface area contributed by atoms with Gasteiger partial charge >= 0.3 is 0 Å². The van der Waals surface area contributed by atoms with Crippen LogP contribution in [-0.4, -0.2) is 56.1 Å². The average molecular weight is 352 g/mol. The average Bonchev–Trinajstić information content (AvgIpc) is 2.72. The standard InChI is InChI=1S/C21H24N2O3/c1-25-17-11-16(12-18(13-17)26-2)21(24)23-10-9-22-8-7-15-5-3-4-6-19(15)20(22)14-23/h3-6,11-13,20H,7-10,14H2,1-2H3. The van der Waals surface area contributed by atoms with E-state index in [0.717, 1.165) is 32.6 Å². The van der Waals surface area contributed by atoms with E-state index in [0.29, 0.717) is 17.1 Å². The molecule has 0 aliphatic carbocycles. The van der Waals surface area contributed by atoms with Crippen LogP contribution in [0.1, 0.15) is 27.5 Å². The van der Waals surface area contributed by atoms with Crippen LogP contribution in [0.5, 0.6) is 11.5 Å². The van der Waals surface area contributed by atoms with Gasteiger partial charge in [-0.1, -0.05) is 24.3 Å². The normalized spacial score (nSPS) is 19.5. The molecule has 2 heterocycles. The molecule has 5 heteroatoms. The van der Waals surface area contributed by atoms with Crippen molar-refractivity contribution >= 4 is 5.91 Å². The second kappa shape index (κ2) is 7.00. The maximum absolute atomic E-state index is 13.1. The van der Waals surface area contributed by atoms with Gasteiger partial charge in [-0.15, -0.1) is 0 Å². The lowest BCUT2D eigenvalue weighted by molar-refractivity contribution is 0.0453. The molecule has 0 bridgehead atoms. The number of benzene rings is 2. The number of rotatable bonds is 3. The number of ether oxygens (including phenoxy) is 2. The van der Waals surface area contributed by atoms with Crippen LogP contribution in [0, 0.1) is 0 Å². The first-order chi connectivity index (χ1) is 12.7. The molecule has 0 N–H and O–H groups in total. The number of nitrogens with zero attached hydrogens (tertiary/aromatic N) is 2. The van der Waals surface area contributed by atoms with Gasteiger partial charge in [0.15, 0.2) is 0 Å². The van der Waals surface area contributed by atoms with E-state index in [1.807, 2.05) is 4.90 Å². The Bertz CT molecular complexity index is 798. The molecule has 1 amide bonds. The lowest BCUT2D eigenvalue weighted by Crippen LogP contribution is -2.52. The number of hydrogen-bond donors (Lipinski definition) is 0. The lowest BCUT2D eigenvalue weighted by atomic mass is 9.91. The molecule has 4 rings (SSSR count). The Hall–Kier alpha value is -2.53. The summed E-state index contributed by atoms with van der Waals surface area (Å²) in [6, 6.07) is 14.2. The lowest BCUT2D eigenvalue weighted by Gasteiger charge is -2.45. The summed E-state index contributed by atoms with van der Waals surface area (Å²) in [6.45, 7) is 3.44. The number of piperazine rings is 1. The van der Waals surface area contributed by atoms with E-state index in [2.05, 4.69) is 29.2 Å². The maximum Gasteiger partial charge on any atom is 0.254 e. The fourth-order valence-corrected chi connectivity index (χ4v) is 4.03. The van der Waals surface area contributed by atoms with E-state index < -0.39 is 0 Å². The van der Waals surface area contributed by atoms with Crippen LogP contribution < -0.4 is 9.47 Å². The molecular weight excluding hydrogens is 328 g/mol. The summed E-state index contributed by atoms with van der Waals surface area (Å²) in [6.07, 6.45) is 1.09. The van der Waals surface area contributed by atoms with Crippen LogP contribution in [0.4, 0.5) is 0 Å². The Morgan fingerprint density at radius 3 is 2.46 bits per heavy atom. The maximum atomic E-state index is 13.1. The smallest absolute Gasteiger partial charge is 0.254 e. The van der Waals surface area contributed by atoms with Gasteiger partial charge in [0.25, 0.3) is 5.91 Å². The van der Waals surface area contributed by atoms with Gasteiger partial charge in [-0.05, 0) is 29.7 Å². The molecule has 0 radical (unpaired) electrons. The Kier molecular flexibility index (Phi) is 4.55. The van der Waals surface area contributed by atoms with Crippen LogP contribution in [-0.2, 0) is 6.42 Å². The molecule has 2 aliphatic heterocycles. The van der Waals surface area contributed by atoms with E-state index in [-0.39, 0.29) is 11.9 Å². The zero-order chi connectivity index (χ0) is 18.1. The highest BCUT2D eigenvalue weighted by molar-refractivity contribution is 5.95. The minimum atomic E-state index is 0.0323. The molecular formula is C21H24N2O3. The van der Waals surface area contributed by atoms with E-state index in [9.17, 15) is 4.79 Å². The van der Waals surface area contributed by atoms with Gasteiger partial charge in [0.05, 0.1) is 20.3 Å². The Labute approximate surface area is 154 Å². The first kappa shape index (κ1) is 16.9. The van der Waals surface area contributed by atoms with Crippen molar-refractivity contribution in [2.75, 3.05) is 40.4 Å². The third-order valence-corrected chi connectivity index (χ3v) is 5.46. The van der Waals surface area contributed by atoms with Crippen LogP contribution in [0.15, 0.2) is 42.5 Å². The Balaban J connectivity index is 1.59. The molecule has 136 valence electrons. The van der Waals surface area contributed by atoms with Gasteiger partial charge < -0.3 is 14.4 Å². The highest BCUT2D eigenvalue weighted by atomic mass is 16.5. The minimum absolute atomic E-state index is 0.0323. The van der Waals surface area contributed by atoms with Crippen molar-refractivity contribution in [2.24, 2.45) is 0 Å². The summed E-state index contributed by atoms with van der Waals surface area (Å²) < 4.78 is 10.6. The number of fused-ring (bicyclic) bond motifs is 3. The van der Waals surface area contributed by atoms with Gasteiger partial charge in [-0.2, -0.15) is 0 Å². The van der Waals surface area contributed by atoms with Crippen molar-refractivity contribution in [1.82, 2.24) is 9.80 Å². The fraction of sp³-hybridized carbons (Fsp3) is 0.381. The molecule has 2 aromatic rings. The van der Waals surface area contributed by atoms with Crippen LogP contribution in [0.2, 0.25) is 0 Å². The third kappa shape index (κ3) is 3.03. The minimum Gasteiger partial charge on any atom is -0.497 e. The molecule has 1 fully saturated rings. The zero-order valence-corrected chi connectivity index (χ0v) is 15.3. The summed E-state index contributed by atoms with van der Waals surface area (Å²) in [5, 5.41) is 0. The molecule has 0 saturated carbocycles. The van der Waals surface area contributed by atoms with Gasteiger partial charge in [-0.3, -0.25) is 9.69 Å². The van der Waals surface area contributed by atoms with Gasteiger partial charge in [-0.25, -0.2) is 0 Å². The van der Waals surface area contributed by atoms with Gasteiger partial charge in [0.2, 0.25) is 0 Å². The Morgan fingerprint density at radius 2 is 1.73 bits per heavy atom. The number of amides is 1. The van der Waals surface area contributed by atoms with Gasteiger partial charge in [0.1, 0.15) is 11.5 Å².